The van der Waals surface area contributed by atoms with Crippen LogP contribution < -0.4 is 14.5 Å². The van der Waals surface area contributed by atoms with Crippen molar-refractivity contribution in [1.82, 2.24) is 19.2 Å². The Bertz CT molecular complexity index is 1770. The maximum Gasteiger partial charge on any atom is 0.301 e. The number of methoxy groups -OCH3 is 1. The predicted octanol–water partition coefficient (Wildman–Crippen LogP) is 2.27. The second kappa shape index (κ2) is 11.5. The highest BCUT2D eigenvalue weighted by Gasteiger charge is 2.54. The van der Waals surface area contributed by atoms with E-state index >= 15 is 4.39 Å². The average molecular weight is 642 g/mol. The number of rotatable bonds is 7. The molecule has 1 saturated carbocycles. The Morgan fingerprint density at radius 2 is 1.82 bits per heavy atom. The molecule has 7 rings (SSSR count). The molecular formula is C30H36FN7O6S. The molecule has 240 valence electrons. The van der Waals surface area contributed by atoms with Crippen molar-refractivity contribution in [3.05, 3.63) is 42.0 Å². The number of amides is 1. The highest BCUT2D eigenvalue weighted by Crippen LogP contribution is 2.55. The van der Waals surface area contributed by atoms with Crippen LogP contribution >= 0.6 is 0 Å². The molecule has 15 heteroatoms. The number of likely N-dealkylation sites (N-methyl/N-ethyl adjacent to an activating group) is 2. The van der Waals surface area contributed by atoms with Gasteiger partial charge in [-0.15, -0.1) is 0 Å². The molecule has 5 heterocycles. The fourth-order valence-electron chi connectivity index (χ4n) is 6.55. The van der Waals surface area contributed by atoms with Gasteiger partial charge in [0.2, 0.25) is 5.91 Å². The van der Waals surface area contributed by atoms with Gasteiger partial charge in [-0.3, -0.25) is 19.3 Å². The van der Waals surface area contributed by atoms with E-state index < -0.39 is 21.4 Å². The van der Waals surface area contributed by atoms with Crippen molar-refractivity contribution in [3.63, 3.8) is 0 Å². The molecule has 1 spiro atoms. The van der Waals surface area contributed by atoms with Gasteiger partial charge in [0, 0.05) is 80.7 Å². The van der Waals surface area contributed by atoms with Crippen LogP contribution in [0.25, 0.3) is 22.0 Å². The molecule has 0 atom stereocenters. The number of pyridine rings is 2. The third-order valence-electron chi connectivity index (χ3n) is 9.49. The fraction of sp³-hybridized carbons (Fsp3) is 0.467. The Kier molecular flexibility index (Phi) is 7.92. The number of anilines is 3. The smallest absolute Gasteiger partial charge is 0.301 e. The molecular weight excluding hydrogens is 605 g/mol. The summed E-state index contributed by atoms with van der Waals surface area (Å²) in [6, 6.07) is 5.09. The lowest BCUT2D eigenvalue weighted by Gasteiger charge is -2.44. The quantitative estimate of drug-likeness (QED) is 0.368. The molecule has 3 aliphatic heterocycles. The second-order valence-corrected chi connectivity index (χ2v) is 13.8. The third-order valence-corrected chi connectivity index (χ3v) is 11.0. The number of carboxylic acid groups (broad SMARTS) is 1. The molecule has 0 bridgehead atoms. The monoisotopic (exact) mass is 641 g/mol. The van der Waals surface area contributed by atoms with Crippen molar-refractivity contribution in [3.8, 4) is 11.1 Å². The zero-order chi connectivity index (χ0) is 32.3. The largest absolute Gasteiger partial charge is 0.483 e. The van der Waals surface area contributed by atoms with Gasteiger partial charge in [0.1, 0.15) is 5.82 Å². The van der Waals surface area contributed by atoms with E-state index in [2.05, 4.69) is 19.6 Å². The average Bonchev–Trinajstić information content (AvgIpc) is 3.14. The zero-order valence-electron chi connectivity index (χ0n) is 25.5. The molecule has 2 N–H and O–H groups in total. The van der Waals surface area contributed by atoms with Gasteiger partial charge in [-0.1, -0.05) is 6.42 Å². The summed E-state index contributed by atoms with van der Waals surface area (Å²) in [6.07, 6.45) is 5.55. The molecule has 13 nitrogen and oxygen atoms in total. The van der Waals surface area contributed by atoms with Crippen LogP contribution in [-0.2, 0) is 30.0 Å². The minimum Gasteiger partial charge on any atom is -0.483 e. The van der Waals surface area contributed by atoms with Gasteiger partial charge in [0.25, 0.3) is 6.47 Å². The lowest BCUT2D eigenvalue weighted by Crippen LogP contribution is -2.58. The van der Waals surface area contributed by atoms with Crippen LogP contribution in [0.5, 0.6) is 0 Å². The van der Waals surface area contributed by atoms with Crippen LogP contribution in [0.1, 0.15) is 24.8 Å². The summed E-state index contributed by atoms with van der Waals surface area (Å²) in [5, 5.41) is 7.62. The van der Waals surface area contributed by atoms with Gasteiger partial charge in [0.05, 0.1) is 34.6 Å². The first kappa shape index (κ1) is 31.1. The summed E-state index contributed by atoms with van der Waals surface area (Å²) < 4.78 is 51.5. The molecule has 3 aromatic rings. The van der Waals surface area contributed by atoms with Gasteiger partial charge in [-0.25, -0.2) is 9.37 Å². The number of carbonyl (C=O) groups is 2. The first-order valence-corrected chi connectivity index (χ1v) is 16.1. The lowest BCUT2D eigenvalue weighted by molar-refractivity contribution is -0.125. The van der Waals surface area contributed by atoms with Crippen LogP contribution in [0, 0.1) is 5.82 Å². The van der Waals surface area contributed by atoms with Crippen LogP contribution in [0.3, 0.4) is 0 Å². The molecule has 4 aliphatic rings. The van der Waals surface area contributed by atoms with Gasteiger partial charge in [0.15, 0.2) is 5.82 Å². The van der Waals surface area contributed by atoms with E-state index in [1.807, 2.05) is 19.0 Å². The van der Waals surface area contributed by atoms with Crippen molar-refractivity contribution in [2.24, 2.45) is 0 Å². The molecule has 2 aromatic heterocycles. The van der Waals surface area contributed by atoms with E-state index in [1.165, 1.54) is 10.4 Å². The van der Waals surface area contributed by atoms with E-state index in [0.717, 1.165) is 35.9 Å². The summed E-state index contributed by atoms with van der Waals surface area (Å²) in [5.41, 5.74) is 2.52. The fourth-order valence-corrected chi connectivity index (χ4v) is 7.83. The highest BCUT2D eigenvalue weighted by atomic mass is 32.2. The summed E-state index contributed by atoms with van der Waals surface area (Å²) in [6.45, 7) is 1.64. The number of hydrogen-bond acceptors (Lipinski definition) is 9. The Morgan fingerprint density at radius 1 is 1.13 bits per heavy atom. The number of nitrogens with zero attached hydrogens (tertiary/aromatic N) is 6. The van der Waals surface area contributed by atoms with Crippen molar-refractivity contribution in [2.75, 3.05) is 69.0 Å². The molecule has 1 aliphatic carbocycles. The summed E-state index contributed by atoms with van der Waals surface area (Å²) >= 11 is 0. The first-order chi connectivity index (χ1) is 21.4. The first-order valence-electron chi connectivity index (χ1n) is 14.6. The number of ether oxygens (including phenoxy) is 1. The lowest BCUT2D eigenvalue weighted by atomic mass is 9.64. The third kappa shape index (κ3) is 5.07. The van der Waals surface area contributed by atoms with Crippen molar-refractivity contribution in [1.29, 1.82) is 0 Å². The number of carbonyl (C=O) groups excluding carboxylic acids is 1. The molecule has 2 saturated heterocycles. The normalized spacial score (nSPS) is 19.6. The standard InChI is InChI=1S/C29H34FN7O4S.CH2O2/c1-34(2)18-13-36(14-18)27-24(33-42(39,40)37-15-19(16-37)41-4)8-17(11-32-27)20-9-21-23(10-22(20)30)31-12-25-26(21)29(6-5-7-29)28(38)35(25)3;2-1-3/h8-12,18-19,33H,5-7,13-16H2,1-4H3;1H,(H,2,3). The molecule has 0 radical (unpaired) electrons. The van der Waals surface area contributed by atoms with Gasteiger partial charge in [-0.05, 0) is 39.1 Å². The van der Waals surface area contributed by atoms with E-state index in [-0.39, 0.29) is 42.8 Å². The molecule has 3 fully saturated rings. The molecule has 1 amide bonds. The Morgan fingerprint density at radius 3 is 2.42 bits per heavy atom. The zero-order valence-corrected chi connectivity index (χ0v) is 26.3. The van der Waals surface area contributed by atoms with Crippen LogP contribution in [0.4, 0.5) is 21.6 Å². The Balaban J connectivity index is 0.00000115. The number of fused-ring (bicyclic) bond motifs is 4. The maximum atomic E-state index is 15.7. The number of hydrogen-bond donors (Lipinski definition) is 2. The van der Waals surface area contributed by atoms with E-state index in [4.69, 9.17) is 14.6 Å². The number of benzene rings is 1. The Labute approximate surface area is 260 Å². The minimum atomic E-state index is -3.89. The number of halogens is 1. The van der Waals surface area contributed by atoms with Crippen LogP contribution in [0.15, 0.2) is 30.6 Å². The molecule has 45 heavy (non-hydrogen) atoms. The van der Waals surface area contributed by atoms with Crippen molar-refractivity contribution in [2.45, 2.75) is 36.8 Å². The van der Waals surface area contributed by atoms with Gasteiger partial charge in [-0.2, -0.15) is 12.7 Å². The van der Waals surface area contributed by atoms with Crippen LogP contribution in [0.2, 0.25) is 0 Å². The SMILES string of the molecule is COC1CN(S(=O)(=O)Nc2cc(-c3cc4c5c(cnc4cc3F)N(C)C(=O)C53CCC3)cnc2N2CC(N(C)C)C2)C1.O=CO. The van der Waals surface area contributed by atoms with E-state index in [0.29, 0.717) is 36.0 Å². The molecule has 1 aromatic carbocycles. The van der Waals surface area contributed by atoms with E-state index in [1.54, 1.807) is 43.6 Å². The van der Waals surface area contributed by atoms with Gasteiger partial charge < -0.3 is 24.5 Å². The van der Waals surface area contributed by atoms with Crippen LogP contribution in [-0.4, -0.2) is 112 Å². The van der Waals surface area contributed by atoms with Crippen molar-refractivity contribution < 1.29 is 32.2 Å². The molecule has 0 unspecified atom stereocenters. The predicted molar refractivity (Wildman–Crippen MR) is 167 cm³/mol. The highest BCUT2D eigenvalue weighted by molar-refractivity contribution is 7.90. The Hall–Kier alpha value is -3.92. The van der Waals surface area contributed by atoms with Gasteiger partial charge >= 0.3 is 10.2 Å². The summed E-state index contributed by atoms with van der Waals surface area (Å²) in [7, 11) is 3.44. The number of nitrogens with one attached hydrogen (secondary N) is 1. The van der Waals surface area contributed by atoms with Crippen molar-refractivity contribution >= 4 is 50.7 Å². The topological polar surface area (TPSA) is 149 Å². The second-order valence-electron chi connectivity index (χ2n) is 12.2. The van der Waals surface area contributed by atoms with E-state index in [9.17, 15) is 13.2 Å². The summed E-state index contributed by atoms with van der Waals surface area (Å²) in [4.78, 5) is 36.5. The summed E-state index contributed by atoms with van der Waals surface area (Å²) in [5.74, 6) is 0.0495. The number of aromatic nitrogens is 2. The maximum absolute atomic E-state index is 15.7. The minimum absolute atomic E-state index is 0.0546.